The van der Waals surface area contributed by atoms with E-state index in [2.05, 4.69) is 10.2 Å². The smallest absolute Gasteiger partial charge is 0.296 e. The summed E-state index contributed by atoms with van der Waals surface area (Å²) in [7, 11) is 1.40. The van der Waals surface area contributed by atoms with Crippen LogP contribution < -0.4 is 19.5 Å². The highest BCUT2D eigenvalue weighted by Gasteiger charge is 2.39. The molecule has 2 amide bonds. The summed E-state index contributed by atoms with van der Waals surface area (Å²) in [5, 5.41) is 13.8. The zero-order chi connectivity index (χ0) is 27.4. The molecule has 3 aliphatic heterocycles. The first-order chi connectivity index (χ1) is 18.9. The predicted octanol–water partition coefficient (Wildman–Crippen LogP) is 2.62. The van der Waals surface area contributed by atoms with E-state index in [1.807, 2.05) is 0 Å². The van der Waals surface area contributed by atoms with Crippen LogP contribution in [0, 0.1) is 10.1 Å². The van der Waals surface area contributed by atoms with Gasteiger partial charge in [0.25, 0.3) is 5.69 Å². The van der Waals surface area contributed by atoms with Crippen LogP contribution in [0.15, 0.2) is 41.4 Å². The zero-order valence-corrected chi connectivity index (χ0v) is 22.0. The lowest BCUT2D eigenvalue weighted by molar-refractivity contribution is -0.384. The summed E-state index contributed by atoms with van der Waals surface area (Å²) in [5.41, 5.74) is 0.315. The first-order valence-corrected chi connectivity index (χ1v) is 13.2. The molecule has 3 heterocycles. The van der Waals surface area contributed by atoms with Gasteiger partial charge in [0.05, 0.1) is 37.0 Å². The molecule has 0 aliphatic carbocycles. The monoisotopic (exact) mass is 557 g/mol. The molecule has 206 valence electrons. The fourth-order valence-electron chi connectivity index (χ4n) is 4.33. The number of methoxy groups -OCH3 is 1. The number of rotatable bonds is 9. The number of amides is 2. The minimum Gasteiger partial charge on any atom is -0.496 e. The number of amidine groups is 1. The molecule has 0 bridgehead atoms. The van der Waals surface area contributed by atoms with Gasteiger partial charge in [-0.15, -0.1) is 0 Å². The maximum atomic E-state index is 13.4. The number of ether oxygens (including phenoxy) is 4. The number of hydrogen-bond donors (Lipinski definition) is 1. The van der Waals surface area contributed by atoms with Gasteiger partial charge >= 0.3 is 0 Å². The van der Waals surface area contributed by atoms with E-state index in [9.17, 15) is 19.7 Å². The molecule has 2 aromatic carbocycles. The van der Waals surface area contributed by atoms with E-state index in [0.717, 1.165) is 13.1 Å². The highest BCUT2D eigenvalue weighted by molar-refractivity contribution is 8.15. The predicted molar refractivity (Wildman–Crippen MR) is 143 cm³/mol. The Morgan fingerprint density at radius 3 is 2.74 bits per heavy atom. The summed E-state index contributed by atoms with van der Waals surface area (Å²) in [6.07, 6.45) is -0.180. The molecule has 13 nitrogen and oxygen atoms in total. The van der Waals surface area contributed by atoms with Crippen LogP contribution in [0.2, 0.25) is 0 Å². The molecule has 1 atom stereocenters. The van der Waals surface area contributed by atoms with Gasteiger partial charge in [-0.05, 0) is 24.3 Å². The molecule has 14 heteroatoms. The van der Waals surface area contributed by atoms with Crippen LogP contribution in [-0.2, 0) is 14.3 Å². The van der Waals surface area contributed by atoms with Gasteiger partial charge in [-0.2, -0.15) is 0 Å². The Morgan fingerprint density at radius 2 is 1.97 bits per heavy atom. The highest BCUT2D eigenvalue weighted by Crippen LogP contribution is 2.38. The zero-order valence-electron chi connectivity index (χ0n) is 21.2. The van der Waals surface area contributed by atoms with E-state index in [1.54, 1.807) is 23.1 Å². The fraction of sp³-hybridized carbons (Fsp3) is 0.400. The Bertz CT molecular complexity index is 1300. The Hall–Kier alpha value is -3.88. The molecular weight excluding hydrogens is 530 g/mol. The standard InChI is InChI=1S/C25H27N5O8S/c1-35-17-3-4-18(19(13-17)30(33)34)27-23(31)14-22-24(32)29(7-6-28-8-10-36-11-9-28)25(39-22)26-16-2-5-20-21(12-16)38-15-37-20/h2-5,12-13,22H,6-11,14-15H2,1H3,(H,27,31)/t22-/m0/s1. The number of nitro benzene ring substituents is 1. The molecule has 0 aromatic heterocycles. The number of nitro groups is 1. The number of thioether (sulfide) groups is 1. The molecule has 0 spiro atoms. The summed E-state index contributed by atoms with van der Waals surface area (Å²) < 4.78 is 21.3. The van der Waals surface area contributed by atoms with Gasteiger partial charge in [-0.1, -0.05) is 11.8 Å². The van der Waals surface area contributed by atoms with Gasteiger partial charge in [0.2, 0.25) is 18.6 Å². The third kappa shape index (κ3) is 6.24. The van der Waals surface area contributed by atoms with Crippen molar-refractivity contribution < 1.29 is 33.5 Å². The maximum absolute atomic E-state index is 13.4. The van der Waals surface area contributed by atoms with Crippen LogP contribution in [0.3, 0.4) is 0 Å². The average Bonchev–Trinajstić information content (AvgIpc) is 3.52. The number of anilines is 1. The summed E-state index contributed by atoms with van der Waals surface area (Å²) in [6.45, 7) is 4.00. The molecule has 3 aliphatic rings. The third-order valence-corrected chi connectivity index (χ3v) is 7.57. The maximum Gasteiger partial charge on any atom is 0.296 e. The van der Waals surface area contributed by atoms with Crippen LogP contribution in [0.5, 0.6) is 17.2 Å². The number of aliphatic imine (C=N–C) groups is 1. The first-order valence-electron chi connectivity index (χ1n) is 12.3. The van der Waals surface area contributed by atoms with Crippen LogP contribution >= 0.6 is 11.8 Å². The van der Waals surface area contributed by atoms with E-state index in [-0.39, 0.29) is 30.5 Å². The summed E-state index contributed by atoms with van der Waals surface area (Å²) in [4.78, 5) is 45.7. The number of carbonyl (C=O) groups excluding carboxylic acids is 2. The molecule has 5 rings (SSSR count). The van der Waals surface area contributed by atoms with Crippen molar-refractivity contribution in [2.24, 2.45) is 4.99 Å². The van der Waals surface area contributed by atoms with Gasteiger partial charge in [0.15, 0.2) is 16.7 Å². The van der Waals surface area contributed by atoms with Crippen molar-refractivity contribution in [1.29, 1.82) is 0 Å². The molecule has 2 fully saturated rings. The van der Waals surface area contributed by atoms with Crippen molar-refractivity contribution >= 4 is 45.8 Å². The van der Waals surface area contributed by atoms with Crippen molar-refractivity contribution in [1.82, 2.24) is 9.80 Å². The first kappa shape index (κ1) is 26.7. The Labute approximate surface area is 228 Å². The van der Waals surface area contributed by atoms with E-state index in [0.29, 0.717) is 54.4 Å². The minimum absolute atomic E-state index is 0.0275. The van der Waals surface area contributed by atoms with Gasteiger partial charge in [0.1, 0.15) is 16.7 Å². The summed E-state index contributed by atoms with van der Waals surface area (Å²) in [5.74, 6) is 0.726. The van der Waals surface area contributed by atoms with Crippen LogP contribution in [0.4, 0.5) is 17.1 Å². The summed E-state index contributed by atoms with van der Waals surface area (Å²) in [6, 6.07) is 9.42. The molecule has 0 unspecified atom stereocenters. The largest absolute Gasteiger partial charge is 0.496 e. The van der Waals surface area contributed by atoms with E-state index in [4.69, 9.17) is 23.9 Å². The Morgan fingerprint density at radius 1 is 1.18 bits per heavy atom. The molecule has 2 aromatic rings. The number of carbonyl (C=O) groups is 2. The topological polar surface area (TPSA) is 145 Å². The van der Waals surface area contributed by atoms with Gasteiger partial charge in [0, 0.05) is 38.7 Å². The van der Waals surface area contributed by atoms with E-state index in [1.165, 1.54) is 37.1 Å². The van der Waals surface area contributed by atoms with E-state index >= 15 is 0 Å². The molecule has 2 saturated heterocycles. The number of morpholine rings is 1. The second-order valence-electron chi connectivity index (χ2n) is 8.87. The van der Waals surface area contributed by atoms with Crippen molar-refractivity contribution in [2.45, 2.75) is 11.7 Å². The van der Waals surface area contributed by atoms with Crippen LogP contribution in [0.1, 0.15) is 6.42 Å². The summed E-state index contributed by atoms with van der Waals surface area (Å²) >= 11 is 1.19. The van der Waals surface area contributed by atoms with Crippen molar-refractivity contribution in [3.8, 4) is 17.2 Å². The number of fused-ring (bicyclic) bond motifs is 1. The third-order valence-electron chi connectivity index (χ3n) is 6.39. The Balaban J connectivity index is 1.32. The average molecular weight is 558 g/mol. The van der Waals surface area contributed by atoms with Crippen molar-refractivity contribution in [3.05, 3.63) is 46.5 Å². The lowest BCUT2D eigenvalue weighted by atomic mass is 10.2. The second kappa shape index (κ2) is 11.9. The van der Waals surface area contributed by atoms with Gasteiger partial charge in [-0.25, -0.2) is 4.99 Å². The quantitative estimate of drug-likeness (QED) is 0.361. The highest BCUT2D eigenvalue weighted by atomic mass is 32.2. The van der Waals surface area contributed by atoms with Gasteiger partial charge < -0.3 is 24.3 Å². The molecule has 0 saturated carbocycles. The van der Waals surface area contributed by atoms with Gasteiger partial charge in [-0.3, -0.25) is 29.5 Å². The lowest BCUT2D eigenvalue weighted by Crippen LogP contribution is -2.43. The van der Waals surface area contributed by atoms with Crippen LogP contribution in [0.25, 0.3) is 0 Å². The van der Waals surface area contributed by atoms with Crippen LogP contribution in [-0.4, -0.2) is 90.3 Å². The molecule has 0 radical (unpaired) electrons. The SMILES string of the molecule is COc1ccc(NC(=O)C[C@@H]2SC(=Nc3ccc4c(c3)OCO4)N(CCN3CCOCC3)C2=O)c([N+](=O)[O-])c1. The fourth-order valence-corrected chi connectivity index (χ4v) is 5.51. The number of hydrogen-bond acceptors (Lipinski definition) is 11. The minimum atomic E-state index is -0.736. The molecule has 1 N–H and O–H groups in total. The number of benzene rings is 2. The van der Waals surface area contributed by atoms with E-state index < -0.39 is 16.1 Å². The van der Waals surface area contributed by atoms with Crippen molar-refractivity contribution in [2.75, 3.05) is 58.6 Å². The number of nitrogens with zero attached hydrogens (tertiary/aromatic N) is 4. The molecule has 39 heavy (non-hydrogen) atoms. The normalized spacial score (nSPS) is 19.9. The van der Waals surface area contributed by atoms with Crippen molar-refractivity contribution in [3.63, 3.8) is 0 Å². The Kier molecular flexibility index (Phi) is 8.14. The molecular formula is C25H27N5O8S. The lowest BCUT2D eigenvalue weighted by Gasteiger charge is -2.28. The second-order valence-corrected chi connectivity index (χ2v) is 10.0. The number of nitrogens with one attached hydrogen (secondary N) is 1.